The second-order valence-corrected chi connectivity index (χ2v) is 5.69. The third kappa shape index (κ3) is 4.15. The molecule has 0 aromatic heterocycles. The smallest absolute Gasteiger partial charge is 0.269 e. The number of morpholine rings is 1. The minimum Gasteiger partial charge on any atom is -0.378 e. The Morgan fingerprint density at radius 2 is 2.21 bits per heavy atom. The van der Waals surface area contributed by atoms with Gasteiger partial charge in [0.2, 0.25) is 0 Å². The fraction of sp³-hybridized carbons (Fsp3) is 0.417. The molecule has 0 unspecified atom stereocenters. The van der Waals surface area contributed by atoms with E-state index in [2.05, 4.69) is 4.90 Å². The Hall–Kier alpha value is -1.18. The summed E-state index contributed by atoms with van der Waals surface area (Å²) < 4.78 is 6.10. The van der Waals surface area contributed by atoms with Crippen LogP contribution in [0.5, 0.6) is 0 Å². The number of ether oxygens (including phenoxy) is 1. The first-order valence-corrected chi connectivity index (χ1v) is 7.29. The van der Waals surface area contributed by atoms with E-state index in [0.717, 1.165) is 23.0 Å². The summed E-state index contributed by atoms with van der Waals surface area (Å²) in [6, 6.07) is 6.66. The lowest BCUT2D eigenvalue weighted by Gasteiger charge is -2.28. The molecular weight excluding hydrogens is 284 g/mol. The highest BCUT2D eigenvalue weighted by atomic mass is 32.2. The van der Waals surface area contributed by atoms with E-state index in [-0.39, 0.29) is 10.6 Å². The number of hydrogen-bond donors (Lipinski definition) is 0. The summed E-state index contributed by atoms with van der Waals surface area (Å²) in [4.78, 5) is 12.4. The normalized spacial score (nSPS) is 15.3. The van der Waals surface area contributed by atoms with Crippen molar-refractivity contribution in [2.24, 2.45) is 0 Å². The minimum atomic E-state index is -0.380. The van der Waals surface area contributed by atoms with Crippen LogP contribution < -0.4 is 0 Å². The molecule has 1 aromatic carbocycles. The van der Waals surface area contributed by atoms with Gasteiger partial charge in [-0.15, -0.1) is 0 Å². The third-order valence-electron chi connectivity index (χ3n) is 2.75. The van der Waals surface area contributed by atoms with Gasteiger partial charge in [0, 0.05) is 31.0 Å². The average molecular weight is 298 g/mol. The Kier molecular flexibility index (Phi) is 5.12. The molecular formula is C12H14N2O3S2. The van der Waals surface area contributed by atoms with Crippen LogP contribution in [0.15, 0.2) is 24.3 Å². The van der Waals surface area contributed by atoms with Crippen LogP contribution in [0.3, 0.4) is 0 Å². The maximum atomic E-state index is 10.7. The Bertz CT molecular complexity index is 476. The summed E-state index contributed by atoms with van der Waals surface area (Å²) in [5.41, 5.74) is 1.03. The SMILES string of the molecule is O=[N+]([O-])c1cccc(CSC(=S)N2CCOCC2)c1. The maximum Gasteiger partial charge on any atom is 0.269 e. The van der Waals surface area contributed by atoms with E-state index >= 15 is 0 Å². The first kappa shape index (κ1) is 14.2. The standard InChI is InChI=1S/C12H14N2O3S2/c15-14(16)11-3-1-2-10(8-11)9-19-12(18)13-4-6-17-7-5-13/h1-3,8H,4-7,9H2. The van der Waals surface area contributed by atoms with Crippen molar-refractivity contribution < 1.29 is 9.66 Å². The van der Waals surface area contributed by atoms with Crippen LogP contribution in [0.1, 0.15) is 5.56 Å². The summed E-state index contributed by atoms with van der Waals surface area (Å²) in [6.45, 7) is 3.05. The van der Waals surface area contributed by atoms with Gasteiger partial charge in [-0.3, -0.25) is 10.1 Å². The van der Waals surface area contributed by atoms with Gasteiger partial charge in [0.25, 0.3) is 5.69 Å². The van der Waals surface area contributed by atoms with Crippen LogP contribution in [0.4, 0.5) is 5.69 Å². The topological polar surface area (TPSA) is 55.6 Å². The monoisotopic (exact) mass is 298 g/mol. The third-order valence-corrected chi connectivity index (χ3v) is 4.35. The molecule has 1 saturated heterocycles. The zero-order valence-electron chi connectivity index (χ0n) is 10.3. The lowest BCUT2D eigenvalue weighted by atomic mass is 10.2. The van der Waals surface area contributed by atoms with E-state index < -0.39 is 0 Å². The molecule has 1 aromatic rings. The van der Waals surface area contributed by atoms with Crippen LogP contribution in [0.2, 0.25) is 0 Å². The van der Waals surface area contributed by atoms with Gasteiger partial charge >= 0.3 is 0 Å². The van der Waals surface area contributed by atoms with Crippen LogP contribution in [-0.2, 0) is 10.5 Å². The van der Waals surface area contributed by atoms with Gasteiger partial charge in [-0.25, -0.2) is 0 Å². The molecule has 0 N–H and O–H groups in total. The van der Waals surface area contributed by atoms with E-state index in [1.165, 1.54) is 17.8 Å². The van der Waals surface area contributed by atoms with Crippen molar-refractivity contribution in [2.45, 2.75) is 5.75 Å². The van der Waals surface area contributed by atoms with Crippen molar-refractivity contribution in [2.75, 3.05) is 26.3 Å². The molecule has 1 aliphatic rings. The van der Waals surface area contributed by atoms with Crippen LogP contribution >= 0.6 is 24.0 Å². The highest BCUT2D eigenvalue weighted by Gasteiger charge is 2.14. The number of nitro benzene ring substituents is 1. The molecule has 0 amide bonds. The molecule has 2 rings (SSSR count). The summed E-state index contributed by atoms with van der Waals surface area (Å²) in [6.07, 6.45) is 0. The number of nitrogens with zero attached hydrogens (tertiary/aromatic N) is 2. The molecule has 102 valence electrons. The van der Waals surface area contributed by atoms with Crippen molar-refractivity contribution >= 4 is 34.0 Å². The van der Waals surface area contributed by atoms with Gasteiger partial charge in [-0.2, -0.15) is 0 Å². The number of thiocarbonyl (C=S) groups is 1. The molecule has 5 nitrogen and oxygen atoms in total. The molecule has 0 bridgehead atoms. The molecule has 0 atom stereocenters. The van der Waals surface area contributed by atoms with Gasteiger partial charge in [-0.1, -0.05) is 36.1 Å². The first-order valence-electron chi connectivity index (χ1n) is 5.89. The van der Waals surface area contributed by atoms with Crippen LogP contribution in [0, 0.1) is 10.1 Å². The molecule has 0 saturated carbocycles. The zero-order chi connectivity index (χ0) is 13.7. The van der Waals surface area contributed by atoms with Crippen LogP contribution in [-0.4, -0.2) is 40.4 Å². The number of nitro groups is 1. The predicted molar refractivity (Wildman–Crippen MR) is 79.4 cm³/mol. The minimum absolute atomic E-state index is 0.121. The number of thioether (sulfide) groups is 1. The van der Waals surface area contributed by atoms with Gasteiger partial charge < -0.3 is 9.64 Å². The number of rotatable bonds is 3. The Morgan fingerprint density at radius 1 is 1.47 bits per heavy atom. The summed E-state index contributed by atoms with van der Waals surface area (Å²) in [5.74, 6) is 0.651. The van der Waals surface area contributed by atoms with Crippen molar-refractivity contribution in [1.29, 1.82) is 0 Å². The van der Waals surface area contributed by atoms with Gasteiger partial charge in [0.1, 0.15) is 4.32 Å². The largest absolute Gasteiger partial charge is 0.378 e. The van der Waals surface area contributed by atoms with E-state index in [1.807, 2.05) is 6.07 Å². The van der Waals surface area contributed by atoms with Gasteiger partial charge in [-0.05, 0) is 5.56 Å². The number of non-ortho nitro benzene ring substituents is 1. The van der Waals surface area contributed by atoms with E-state index in [0.29, 0.717) is 19.0 Å². The van der Waals surface area contributed by atoms with Gasteiger partial charge in [0.15, 0.2) is 0 Å². The molecule has 7 heteroatoms. The molecule has 1 heterocycles. The Labute approximate surface area is 121 Å². The highest BCUT2D eigenvalue weighted by Crippen LogP contribution is 2.20. The van der Waals surface area contributed by atoms with Crippen molar-refractivity contribution in [3.63, 3.8) is 0 Å². The summed E-state index contributed by atoms with van der Waals surface area (Å²) >= 11 is 6.89. The zero-order valence-corrected chi connectivity index (χ0v) is 11.9. The van der Waals surface area contributed by atoms with E-state index in [9.17, 15) is 10.1 Å². The van der Waals surface area contributed by atoms with Gasteiger partial charge in [0.05, 0.1) is 18.1 Å². The molecule has 19 heavy (non-hydrogen) atoms. The Balaban J connectivity index is 1.89. The molecule has 0 spiro atoms. The van der Waals surface area contributed by atoms with Crippen molar-refractivity contribution in [3.05, 3.63) is 39.9 Å². The summed E-state index contributed by atoms with van der Waals surface area (Å²) in [5, 5.41) is 10.7. The molecule has 0 aliphatic carbocycles. The molecule has 0 radical (unpaired) electrons. The number of benzene rings is 1. The second-order valence-electron chi connectivity index (χ2n) is 4.08. The maximum absolute atomic E-state index is 10.7. The molecule has 1 fully saturated rings. The van der Waals surface area contributed by atoms with E-state index in [1.54, 1.807) is 12.1 Å². The fourth-order valence-electron chi connectivity index (χ4n) is 1.74. The second kappa shape index (κ2) is 6.83. The van der Waals surface area contributed by atoms with Crippen LogP contribution in [0.25, 0.3) is 0 Å². The lowest BCUT2D eigenvalue weighted by Crippen LogP contribution is -2.38. The lowest BCUT2D eigenvalue weighted by molar-refractivity contribution is -0.384. The van der Waals surface area contributed by atoms with Crippen molar-refractivity contribution in [1.82, 2.24) is 4.90 Å². The number of hydrogen-bond acceptors (Lipinski definition) is 5. The fourth-order valence-corrected chi connectivity index (χ4v) is 2.94. The van der Waals surface area contributed by atoms with Crippen molar-refractivity contribution in [3.8, 4) is 0 Å². The summed E-state index contributed by atoms with van der Waals surface area (Å²) in [7, 11) is 0. The quantitative estimate of drug-likeness (QED) is 0.485. The molecule has 1 aliphatic heterocycles. The predicted octanol–water partition coefficient (Wildman–Crippen LogP) is 2.45. The average Bonchev–Trinajstić information content (AvgIpc) is 2.46. The first-order chi connectivity index (χ1) is 9.16. The Morgan fingerprint density at radius 3 is 2.89 bits per heavy atom. The van der Waals surface area contributed by atoms with E-state index in [4.69, 9.17) is 17.0 Å². The highest BCUT2D eigenvalue weighted by molar-refractivity contribution is 8.22.